The summed E-state index contributed by atoms with van der Waals surface area (Å²) in [5, 5.41) is 11.8. The maximum absolute atomic E-state index is 12.3. The molecule has 1 aromatic heterocycles. The Labute approximate surface area is 155 Å². The van der Waals surface area contributed by atoms with Crippen LogP contribution in [0.4, 0.5) is 0 Å². The number of carboxylic acid groups (broad SMARTS) is 1. The van der Waals surface area contributed by atoms with E-state index < -0.39 is 11.9 Å². The summed E-state index contributed by atoms with van der Waals surface area (Å²) >= 11 is 0. The van der Waals surface area contributed by atoms with Gasteiger partial charge in [0.25, 0.3) is 5.91 Å². The van der Waals surface area contributed by atoms with Crippen LogP contribution in [0.25, 0.3) is 11.0 Å². The van der Waals surface area contributed by atoms with Crippen LogP contribution in [0.5, 0.6) is 5.75 Å². The highest BCUT2D eigenvalue weighted by molar-refractivity contribution is 5.83. The molecule has 7 nitrogen and oxygen atoms in total. The van der Waals surface area contributed by atoms with Crippen molar-refractivity contribution < 1.29 is 23.8 Å². The number of hydrogen-bond acceptors (Lipinski definition) is 6. The predicted octanol–water partition coefficient (Wildman–Crippen LogP) is 0.649. The average Bonchev–Trinajstić information content (AvgIpc) is 3.17. The molecule has 1 aliphatic carbocycles. The zero-order valence-corrected chi connectivity index (χ0v) is 14.9. The summed E-state index contributed by atoms with van der Waals surface area (Å²) in [5.41, 5.74) is 2.00. The fourth-order valence-electron chi connectivity index (χ4n) is 3.95. The van der Waals surface area contributed by atoms with Crippen LogP contribution in [0.15, 0.2) is 27.4 Å². The smallest absolute Gasteiger partial charge is 0.339 e. The van der Waals surface area contributed by atoms with Crippen LogP contribution in [0.2, 0.25) is 0 Å². The van der Waals surface area contributed by atoms with E-state index in [2.05, 4.69) is 0 Å². The summed E-state index contributed by atoms with van der Waals surface area (Å²) in [5.74, 6) is -1.27. The van der Waals surface area contributed by atoms with Gasteiger partial charge in [-0.15, -0.1) is 0 Å². The summed E-state index contributed by atoms with van der Waals surface area (Å²) in [4.78, 5) is 36.8. The Balaban J connectivity index is 1.42. The van der Waals surface area contributed by atoms with Crippen molar-refractivity contribution in [2.24, 2.45) is 5.92 Å². The molecule has 2 heterocycles. The minimum Gasteiger partial charge on any atom is -0.550 e. The molecule has 0 radical (unpaired) electrons. The van der Waals surface area contributed by atoms with Gasteiger partial charge in [0.15, 0.2) is 6.61 Å². The number of fused-ring (bicyclic) bond motifs is 3. The molecule has 0 bridgehead atoms. The van der Waals surface area contributed by atoms with Crippen molar-refractivity contribution >= 4 is 22.8 Å². The van der Waals surface area contributed by atoms with E-state index in [1.54, 1.807) is 17.0 Å². The van der Waals surface area contributed by atoms with Crippen molar-refractivity contribution in [3.05, 3.63) is 39.7 Å². The Morgan fingerprint density at radius 1 is 1.19 bits per heavy atom. The number of aryl methyl sites for hydroxylation is 1. The number of amides is 1. The van der Waals surface area contributed by atoms with Gasteiger partial charge in [-0.25, -0.2) is 4.79 Å². The fourth-order valence-corrected chi connectivity index (χ4v) is 3.95. The third-order valence-corrected chi connectivity index (χ3v) is 5.49. The molecule has 0 N–H and O–H groups in total. The summed E-state index contributed by atoms with van der Waals surface area (Å²) < 4.78 is 11.0. The Hall–Kier alpha value is -2.83. The third kappa shape index (κ3) is 3.41. The van der Waals surface area contributed by atoms with E-state index in [4.69, 9.17) is 9.15 Å². The molecular formula is C20H20NO6-. The molecular weight excluding hydrogens is 350 g/mol. The predicted molar refractivity (Wildman–Crippen MR) is 94.3 cm³/mol. The Morgan fingerprint density at radius 3 is 2.67 bits per heavy atom. The van der Waals surface area contributed by atoms with Gasteiger partial charge in [0, 0.05) is 42.0 Å². The average molecular weight is 370 g/mol. The zero-order chi connectivity index (χ0) is 19.0. The fraction of sp³-hybridized carbons (Fsp3) is 0.450. The molecule has 142 valence electrons. The first-order valence-electron chi connectivity index (χ1n) is 9.23. The molecule has 1 saturated heterocycles. The lowest BCUT2D eigenvalue weighted by Gasteiger charge is -2.32. The first-order valence-corrected chi connectivity index (χ1v) is 9.23. The van der Waals surface area contributed by atoms with Crippen LogP contribution in [0.1, 0.15) is 30.4 Å². The van der Waals surface area contributed by atoms with Crippen LogP contribution in [0, 0.1) is 5.92 Å². The van der Waals surface area contributed by atoms with E-state index >= 15 is 0 Å². The van der Waals surface area contributed by atoms with E-state index in [0.717, 1.165) is 35.8 Å². The van der Waals surface area contributed by atoms with Gasteiger partial charge in [-0.2, -0.15) is 0 Å². The summed E-state index contributed by atoms with van der Waals surface area (Å²) in [6.07, 6.45) is 3.40. The molecule has 0 unspecified atom stereocenters. The molecule has 1 fully saturated rings. The van der Waals surface area contributed by atoms with Crippen molar-refractivity contribution in [3.63, 3.8) is 0 Å². The third-order valence-electron chi connectivity index (χ3n) is 5.49. The van der Waals surface area contributed by atoms with Gasteiger partial charge in [-0.3, -0.25) is 4.79 Å². The number of likely N-dealkylation sites (tertiary alicyclic amines) is 1. The molecule has 1 aromatic carbocycles. The Kier molecular flexibility index (Phi) is 4.59. The van der Waals surface area contributed by atoms with Gasteiger partial charge in [0.2, 0.25) is 0 Å². The van der Waals surface area contributed by atoms with Crippen molar-refractivity contribution in [2.75, 3.05) is 19.7 Å². The number of benzene rings is 1. The van der Waals surface area contributed by atoms with Gasteiger partial charge in [-0.05, 0) is 49.8 Å². The maximum atomic E-state index is 12.3. The SMILES string of the molecule is O=C([O-])C1CCN(C(=O)COc2ccc3c4c(c(=O)oc3c2)CCC4)CC1. The second kappa shape index (κ2) is 7.06. The van der Waals surface area contributed by atoms with Gasteiger partial charge < -0.3 is 24.0 Å². The molecule has 1 amide bonds. The van der Waals surface area contributed by atoms with Gasteiger partial charge in [-0.1, -0.05) is 0 Å². The minimum atomic E-state index is -1.05. The monoisotopic (exact) mass is 370 g/mol. The number of nitrogens with zero attached hydrogens (tertiary/aromatic N) is 1. The van der Waals surface area contributed by atoms with Crippen LogP contribution >= 0.6 is 0 Å². The van der Waals surface area contributed by atoms with E-state index in [0.29, 0.717) is 37.3 Å². The maximum Gasteiger partial charge on any atom is 0.339 e. The Bertz CT molecular complexity index is 955. The highest BCUT2D eigenvalue weighted by Crippen LogP contribution is 2.29. The number of piperidine rings is 1. The molecule has 1 aliphatic heterocycles. The van der Waals surface area contributed by atoms with E-state index in [-0.39, 0.29) is 18.1 Å². The van der Waals surface area contributed by atoms with Crippen molar-refractivity contribution in [2.45, 2.75) is 32.1 Å². The van der Waals surface area contributed by atoms with Gasteiger partial charge >= 0.3 is 5.63 Å². The van der Waals surface area contributed by atoms with Crippen LogP contribution in [0.3, 0.4) is 0 Å². The molecule has 0 atom stereocenters. The van der Waals surface area contributed by atoms with Gasteiger partial charge in [0.05, 0.1) is 0 Å². The highest BCUT2D eigenvalue weighted by Gasteiger charge is 2.24. The molecule has 2 aliphatic rings. The number of carbonyl (C=O) groups excluding carboxylic acids is 2. The number of aliphatic carboxylic acids is 1. The number of carbonyl (C=O) groups is 2. The van der Waals surface area contributed by atoms with E-state index in [1.165, 1.54) is 0 Å². The highest BCUT2D eigenvalue weighted by atomic mass is 16.5. The molecule has 2 aromatic rings. The minimum absolute atomic E-state index is 0.142. The number of carboxylic acids is 1. The van der Waals surface area contributed by atoms with Gasteiger partial charge in [0.1, 0.15) is 11.3 Å². The second-order valence-electron chi connectivity index (χ2n) is 7.12. The lowest BCUT2D eigenvalue weighted by molar-refractivity contribution is -0.312. The lowest BCUT2D eigenvalue weighted by atomic mass is 9.97. The topological polar surface area (TPSA) is 99.9 Å². The zero-order valence-electron chi connectivity index (χ0n) is 14.9. The quantitative estimate of drug-likeness (QED) is 0.733. The van der Waals surface area contributed by atoms with Crippen molar-refractivity contribution in [1.82, 2.24) is 4.90 Å². The number of ether oxygens (including phenoxy) is 1. The summed E-state index contributed by atoms with van der Waals surface area (Å²) in [6.45, 7) is 0.635. The summed E-state index contributed by atoms with van der Waals surface area (Å²) in [7, 11) is 0. The van der Waals surface area contributed by atoms with Crippen molar-refractivity contribution in [3.8, 4) is 5.75 Å². The first-order chi connectivity index (χ1) is 13.0. The number of hydrogen-bond donors (Lipinski definition) is 0. The summed E-state index contributed by atoms with van der Waals surface area (Å²) in [6, 6.07) is 5.29. The standard InChI is InChI=1S/C20H21NO6/c22-18(21-8-6-12(7-9-21)19(23)24)11-26-13-4-5-15-14-2-1-3-16(14)20(25)27-17(15)10-13/h4-5,10,12H,1-3,6-9,11H2,(H,23,24)/p-1. The largest absolute Gasteiger partial charge is 0.550 e. The van der Waals surface area contributed by atoms with Crippen molar-refractivity contribution in [1.29, 1.82) is 0 Å². The van der Waals surface area contributed by atoms with E-state index in [1.807, 2.05) is 6.07 Å². The second-order valence-corrected chi connectivity index (χ2v) is 7.12. The molecule has 7 heteroatoms. The lowest BCUT2D eigenvalue weighted by Crippen LogP contribution is -2.45. The van der Waals surface area contributed by atoms with Crippen LogP contribution in [-0.2, 0) is 22.4 Å². The molecule has 4 rings (SSSR count). The Morgan fingerprint density at radius 2 is 1.93 bits per heavy atom. The molecule has 0 saturated carbocycles. The number of rotatable bonds is 4. The molecule has 27 heavy (non-hydrogen) atoms. The normalized spacial score (nSPS) is 17.1. The van der Waals surface area contributed by atoms with E-state index in [9.17, 15) is 19.5 Å². The molecule has 0 spiro atoms. The van der Waals surface area contributed by atoms with Crippen LogP contribution < -0.4 is 15.5 Å². The first kappa shape index (κ1) is 17.6. The van der Waals surface area contributed by atoms with Crippen LogP contribution in [-0.4, -0.2) is 36.5 Å².